The Morgan fingerprint density at radius 3 is 2.60 bits per heavy atom. The number of nitrogens with one attached hydrogen (secondary N) is 1. The largest absolute Gasteiger partial charge is 0.493 e. The molecule has 1 aliphatic carbocycles. The minimum atomic E-state index is -0.201. The van der Waals surface area contributed by atoms with Crippen LogP contribution in [-0.2, 0) is 6.42 Å². The van der Waals surface area contributed by atoms with Crippen LogP contribution in [0.3, 0.4) is 0 Å². The van der Waals surface area contributed by atoms with Crippen LogP contribution in [0.1, 0.15) is 48.6 Å². The van der Waals surface area contributed by atoms with Crippen molar-refractivity contribution in [2.45, 2.75) is 38.0 Å². The van der Waals surface area contributed by atoms with Gasteiger partial charge in [-0.25, -0.2) is 0 Å². The second-order valence-corrected chi connectivity index (χ2v) is 5.26. The summed E-state index contributed by atoms with van der Waals surface area (Å²) in [6, 6.07) is 3.73. The SMILES string of the molecule is O=c1[nH]c(Cc2ccncc2)nc(O)c1C1CCCC1. The summed E-state index contributed by atoms with van der Waals surface area (Å²) in [5.41, 5.74) is 1.26. The highest BCUT2D eigenvalue weighted by Gasteiger charge is 2.24. The van der Waals surface area contributed by atoms with E-state index in [4.69, 9.17) is 0 Å². The molecule has 2 heterocycles. The van der Waals surface area contributed by atoms with Crippen molar-refractivity contribution in [1.29, 1.82) is 0 Å². The number of aromatic hydroxyl groups is 1. The van der Waals surface area contributed by atoms with Gasteiger partial charge in [0.25, 0.3) is 5.56 Å². The fraction of sp³-hybridized carbons (Fsp3) is 0.400. The average Bonchev–Trinajstić information content (AvgIpc) is 2.93. The van der Waals surface area contributed by atoms with E-state index in [-0.39, 0.29) is 17.4 Å². The predicted molar refractivity (Wildman–Crippen MR) is 74.8 cm³/mol. The molecule has 5 heteroatoms. The summed E-state index contributed by atoms with van der Waals surface area (Å²) in [5.74, 6) is 0.534. The van der Waals surface area contributed by atoms with E-state index in [0.29, 0.717) is 17.8 Å². The summed E-state index contributed by atoms with van der Waals surface area (Å²) < 4.78 is 0. The lowest BCUT2D eigenvalue weighted by Gasteiger charge is -2.11. The van der Waals surface area contributed by atoms with E-state index in [9.17, 15) is 9.90 Å². The molecule has 0 amide bonds. The van der Waals surface area contributed by atoms with Crippen LogP contribution in [0.15, 0.2) is 29.3 Å². The Balaban J connectivity index is 1.90. The van der Waals surface area contributed by atoms with Crippen LogP contribution in [0.5, 0.6) is 5.88 Å². The van der Waals surface area contributed by atoms with Crippen LogP contribution in [0.2, 0.25) is 0 Å². The van der Waals surface area contributed by atoms with Gasteiger partial charge in [-0.05, 0) is 36.5 Å². The average molecular weight is 271 g/mol. The van der Waals surface area contributed by atoms with Gasteiger partial charge in [-0.2, -0.15) is 4.98 Å². The van der Waals surface area contributed by atoms with E-state index in [1.54, 1.807) is 12.4 Å². The van der Waals surface area contributed by atoms with E-state index < -0.39 is 0 Å². The Labute approximate surface area is 116 Å². The molecule has 1 aliphatic rings. The van der Waals surface area contributed by atoms with Crippen LogP contribution in [-0.4, -0.2) is 20.1 Å². The second kappa shape index (κ2) is 5.45. The first-order valence-corrected chi connectivity index (χ1v) is 6.95. The van der Waals surface area contributed by atoms with Gasteiger partial charge in [0.1, 0.15) is 5.82 Å². The van der Waals surface area contributed by atoms with E-state index in [1.807, 2.05) is 12.1 Å². The van der Waals surface area contributed by atoms with Crippen LogP contribution in [0, 0.1) is 0 Å². The monoisotopic (exact) mass is 271 g/mol. The normalized spacial score (nSPS) is 15.6. The third-order valence-corrected chi connectivity index (χ3v) is 3.87. The number of nitrogens with zero attached hydrogens (tertiary/aromatic N) is 2. The molecule has 0 unspecified atom stereocenters. The maximum absolute atomic E-state index is 12.2. The first-order chi connectivity index (χ1) is 9.74. The van der Waals surface area contributed by atoms with Crippen molar-refractivity contribution in [3.8, 4) is 5.88 Å². The number of aromatic amines is 1. The quantitative estimate of drug-likeness (QED) is 0.896. The van der Waals surface area contributed by atoms with E-state index in [2.05, 4.69) is 15.0 Å². The van der Waals surface area contributed by atoms with Crippen LogP contribution < -0.4 is 5.56 Å². The number of H-pyrrole nitrogens is 1. The zero-order valence-corrected chi connectivity index (χ0v) is 11.2. The first-order valence-electron chi connectivity index (χ1n) is 6.95. The van der Waals surface area contributed by atoms with Crippen molar-refractivity contribution in [1.82, 2.24) is 15.0 Å². The topological polar surface area (TPSA) is 78.9 Å². The van der Waals surface area contributed by atoms with E-state index in [1.165, 1.54) is 0 Å². The zero-order valence-electron chi connectivity index (χ0n) is 11.2. The van der Waals surface area contributed by atoms with Crippen molar-refractivity contribution >= 4 is 0 Å². The number of hydrogen-bond donors (Lipinski definition) is 2. The Morgan fingerprint density at radius 2 is 1.95 bits per heavy atom. The molecule has 0 bridgehead atoms. The summed E-state index contributed by atoms with van der Waals surface area (Å²) in [4.78, 5) is 23.1. The van der Waals surface area contributed by atoms with Crippen molar-refractivity contribution in [3.05, 3.63) is 51.8 Å². The molecule has 104 valence electrons. The number of pyridine rings is 1. The maximum atomic E-state index is 12.2. The van der Waals surface area contributed by atoms with Crippen molar-refractivity contribution in [3.63, 3.8) is 0 Å². The van der Waals surface area contributed by atoms with E-state index >= 15 is 0 Å². The van der Waals surface area contributed by atoms with Gasteiger partial charge >= 0.3 is 0 Å². The van der Waals surface area contributed by atoms with E-state index in [0.717, 1.165) is 31.2 Å². The van der Waals surface area contributed by atoms with Crippen LogP contribution in [0.25, 0.3) is 0 Å². The molecule has 5 nitrogen and oxygen atoms in total. The van der Waals surface area contributed by atoms with Crippen molar-refractivity contribution in [2.75, 3.05) is 0 Å². The molecule has 3 rings (SSSR count). The van der Waals surface area contributed by atoms with Gasteiger partial charge in [-0.3, -0.25) is 9.78 Å². The smallest absolute Gasteiger partial charge is 0.258 e. The van der Waals surface area contributed by atoms with Gasteiger partial charge in [0, 0.05) is 18.8 Å². The van der Waals surface area contributed by atoms with Gasteiger partial charge in [0.15, 0.2) is 0 Å². The highest BCUT2D eigenvalue weighted by molar-refractivity contribution is 5.28. The lowest BCUT2D eigenvalue weighted by atomic mass is 10.00. The van der Waals surface area contributed by atoms with Crippen LogP contribution >= 0.6 is 0 Å². The Hall–Kier alpha value is -2.17. The predicted octanol–water partition coefficient (Wildman–Crippen LogP) is 2.12. The Morgan fingerprint density at radius 1 is 1.25 bits per heavy atom. The maximum Gasteiger partial charge on any atom is 0.258 e. The first kappa shape index (κ1) is 12.8. The molecule has 0 radical (unpaired) electrons. The second-order valence-electron chi connectivity index (χ2n) is 5.26. The Bertz CT molecular complexity index is 646. The minimum Gasteiger partial charge on any atom is -0.493 e. The summed E-state index contributed by atoms with van der Waals surface area (Å²) in [5, 5.41) is 10.1. The van der Waals surface area contributed by atoms with Crippen molar-refractivity contribution < 1.29 is 5.11 Å². The number of rotatable bonds is 3. The van der Waals surface area contributed by atoms with Gasteiger partial charge < -0.3 is 10.1 Å². The number of aromatic nitrogens is 3. The molecule has 2 aromatic rings. The van der Waals surface area contributed by atoms with Gasteiger partial charge in [-0.15, -0.1) is 0 Å². The summed E-state index contributed by atoms with van der Waals surface area (Å²) in [7, 11) is 0. The standard InChI is InChI=1S/C15H17N3O2/c19-14-13(11-3-1-2-4-11)15(20)18-12(17-14)9-10-5-7-16-8-6-10/h5-8,11H,1-4,9H2,(H2,17,18,19,20). The lowest BCUT2D eigenvalue weighted by molar-refractivity contribution is 0.432. The number of hydrogen-bond acceptors (Lipinski definition) is 4. The fourth-order valence-corrected chi connectivity index (χ4v) is 2.88. The summed E-state index contributed by atoms with van der Waals surface area (Å²) in [6.07, 6.45) is 8.02. The molecule has 0 atom stereocenters. The van der Waals surface area contributed by atoms with Crippen molar-refractivity contribution in [2.24, 2.45) is 0 Å². The highest BCUT2D eigenvalue weighted by Crippen LogP contribution is 2.35. The van der Waals surface area contributed by atoms with Gasteiger partial charge in [0.05, 0.1) is 5.56 Å². The molecule has 1 fully saturated rings. The summed E-state index contributed by atoms with van der Waals surface area (Å²) in [6.45, 7) is 0. The molecule has 1 saturated carbocycles. The Kier molecular flexibility index (Phi) is 3.50. The van der Waals surface area contributed by atoms with Gasteiger partial charge in [0.2, 0.25) is 5.88 Å². The molecule has 2 N–H and O–H groups in total. The molecular formula is C15H17N3O2. The zero-order chi connectivity index (χ0) is 13.9. The third kappa shape index (κ3) is 2.57. The molecular weight excluding hydrogens is 254 g/mol. The molecule has 0 aliphatic heterocycles. The van der Waals surface area contributed by atoms with Gasteiger partial charge in [-0.1, -0.05) is 12.8 Å². The molecule has 20 heavy (non-hydrogen) atoms. The lowest BCUT2D eigenvalue weighted by Crippen LogP contribution is -2.19. The molecule has 0 spiro atoms. The molecule has 0 aromatic carbocycles. The fourth-order valence-electron chi connectivity index (χ4n) is 2.88. The minimum absolute atomic E-state index is 0.107. The third-order valence-electron chi connectivity index (χ3n) is 3.87. The molecule has 2 aromatic heterocycles. The highest BCUT2D eigenvalue weighted by atomic mass is 16.3. The molecule has 0 saturated heterocycles. The summed E-state index contributed by atoms with van der Waals surface area (Å²) >= 11 is 0. The van der Waals surface area contributed by atoms with Crippen LogP contribution in [0.4, 0.5) is 0 Å².